The summed E-state index contributed by atoms with van der Waals surface area (Å²) in [6.45, 7) is 5.27. The van der Waals surface area contributed by atoms with Gasteiger partial charge in [0, 0.05) is 24.5 Å². The Morgan fingerprint density at radius 2 is 1.73 bits per heavy atom. The van der Waals surface area contributed by atoms with Crippen LogP contribution in [0.3, 0.4) is 0 Å². The van der Waals surface area contributed by atoms with E-state index in [1.165, 1.54) is 0 Å². The number of nitrogens with one attached hydrogen (secondary N) is 2. The molecule has 0 unspecified atom stereocenters. The van der Waals surface area contributed by atoms with Crippen LogP contribution >= 0.6 is 0 Å². The maximum atomic E-state index is 12.9. The van der Waals surface area contributed by atoms with E-state index < -0.39 is 38.1 Å². The molecule has 0 aliphatic carbocycles. The number of amides is 2. The van der Waals surface area contributed by atoms with Crippen LogP contribution in [0, 0.1) is 5.92 Å². The number of benzene rings is 1. The van der Waals surface area contributed by atoms with Crippen molar-refractivity contribution in [2.24, 2.45) is 5.92 Å². The minimum Gasteiger partial charge on any atom is -0.350 e. The number of rotatable bonds is 5. The number of piperidine rings is 1. The predicted molar refractivity (Wildman–Crippen MR) is 104 cm³/mol. The number of carbonyl (C=O) groups is 2. The van der Waals surface area contributed by atoms with Crippen LogP contribution in [0.5, 0.6) is 0 Å². The fraction of sp³-hybridized carbons (Fsp3) is 0.579. The monoisotopic (exact) mass is 449 g/mol. The van der Waals surface area contributed by atoms with Gasteiger partial charge >= 0.3 is 6.18 Å². The lowest BCUT2D eigenvalue weighted by Gasteiger charge is -2.30. The fourth-order valence-electron chi connectivity index (χ4n) is 3.11. The van der Waals surface area contributed by atoms with E-state index in [1.54, 1.807) is 0 Å². The molecule has 2 N–H and O–H groups in total. The predicted octanol–water partition coefficient (Wildman–Crippen LogP) is 2.14. The molecule has 0 bridgehead atoms. The van der Waals surface area contributed by atoms with Crippen molar-refractivity contribution in [1.29, 1.82) is 0 Å². The zero-order chi connectivity index (χ0) is 22.7. The minimum absolute atomic E-state index is 0.00481. The molecule has 0 radical (unpaired) electrons. The molecule has 11 heteroatoms. The number of halogens is 3. The first-order valence-electron chi connectivity index (χ1n) is 9.46. The third-order valence-corrected chi connectivity index (χ3v) is 6.46. The summed E-state index contributed by atoms with van der Waals surface area (Å²) in [6.07, 6.45) is -4.22. The van der Waals surface area contributed by atoms with E-state index in [2.05, 4.69) is 10.6 Å². The third kappa shape index (κ3) is 6.43. The van der Waals surface area contributed by atoms with E-state index in [0.29, 0.717) is 6.07 Å². The summed E-state index contributed by atoms with van der Waals surface area (Å²) in [5, 5.41) is 5.26. The van der Waals surface area contributed by atoms with Crippen molar-refractivity contribution in [1.82, 2.24) is 14.9 Å². The minimum atomic E-state index is -4.64. The molecule has 2 rings (SSSR count). The van der Waals surface area contributed by atoms with Crippen LogP contribution in [-0.4, -0.2) is 49.7 Å². The average Bonchev–Trinajstić information content (AvgIpc) is 2.64. The molecule has 1 aliphatic rings. The lowest BCUT2D eigenvalue weighted by molar-refractivity contribution is -0.137. The second-order valence-corrected chi connectivity index (χ2v) is 10.2. The average molecular weight is 449 g/mol. The number of hydrogen-bond donors (Lipinski definition) is 2. The number of alkyl halides is 3. The van der Waals surface area contributed by atoms with Gasteiger partial charge in [0.05, 0.1) is 17.0 Å². The first-order chi connectivity index (χ1) is 13.7. The molecular weight excluding hydrogens is 423 g/mol. The molecule has 0 spiro atoms. The Balaban J connectivity index is 1.95. The van der Waals surface area contributed by atoms with Crippen LogP contribution in [0.2, 0.25) is 0 Å². The largest absolute Gasteiger partial charge is 0.416 e. The Morgan fingerprint density at radius 1 is 1.13 bits per heavy atom. The molecule has 0 aromatic heterocycles. The molecule has 1 aliphatic heterocycles. The Morgan fingerprint density at radius 3 is 2.27 bits per heavy atom. The van der Waals surface area contributed by atoms with E-state index in [9.17, 15) is 31.2 Å². The van der Waals surface area contributed by atoms with Gasteiger partial charge in [0.2, 0.25) is 21.8 Å². The second kappa shape index (κ2) is 8.93. The highest BCUT2D eigenvalue weighted by Crippen LogP contribution is 2.32. The highest BCUT2D eigenvalue weighted by molar-refractivity contribution is 7.89. The molecule has 1 aromatic carbocycles. The summed E-state index contributed by atoms with van der Waals surface area (Å²) in [5.74, 6) is -1.16. The number of hydrogen-bond acceptors (Lipinski definition) is 4. The van der Waals surface area contributed by atoms with E-state index in [0.717, 1.165) is 22.5 Å². The maximum Gasteiger partial charge on any atom is 0.416 e. The van der Waals surface area contributed by atoms with Gasteiger partial charge in [-0.05, 0) is 51.8 Å². The zero-order valence-electron chi connectivity index (χ0n) is 17.0. The summed E-state index contributed by atoms with van der Waals surface area (Å²) in [5.41, 5.74) is -1.46. The van der Waals surface area contributed by atoms with Crippen LogP contribution in [-0.2, 0) is 25.8 Å². The Hall–Kier alpha value is -2.14. The topological polar surface area (TPSA) is 95.6 Å². The second-order valence-electron chi connectivity index (χ2n) is 8.22. The lowest BCUT2D eigenvalue weighted by atomic mass is 9.97. The van der Waals surface area contributed by atoms with Crippen molar-refractivity contribution in [2.75, 3.05) is 19.6 Å². The first kappa shape index (κ1) is 24.1. The number of sulfonamides is 1. The molecule has 1 fully saturated rings. The fourth-order valence-corrected chi connectivity index (χ4v) is 4.63. The zero-order valence-corrected chi connectivity index (χ0v) is 17.9. The standard InChI is InChI=1S/C19H26F3N3O4S/c1-18(2,3)24-16(26)12-23-17(27)13-7-9-25(10-8-13)30(28,29)15-6-4-5-14(11-15)19(20,21)22/h4-6,11,13H,7-10,12H2,1-3H3,(H,23,27)(H,24,26). The van der Waals surface area contributed by atoms with Gasteiger partial charge in [0.1, 0.15) is 0 Å². The summed E-state index contributed by atoms with van der Waals surface area (Å²) >= 11 is 0. The van der Waals surface area contributed by atoms with Crippen molar-refractivity contribution >= 4 is 21.8 Å². The van der Waals surface area contributed by atoms with Crippen LogP contribution in [0.1, 0.15) is 39.2 Å². The van der Waals surface area contributed by atoms with Gasteiger partial charge in [-0.1, -0.05) is 6.07 Å². The lowest BCUT2D eigenvalue weighted by Crippen LogP contribution is -2.48. The SMILES string of the molecule is CC(C)(C)NC(=O)CNC(=O)C1CCN(S(=O)(=O)c2cccc(C(F)(F)F)c2)CC1. The van der Waals surface area contributed by atoms with Gasteiger partial charge in [-0.3, -0.25) is 9.59 Å². The number of nitrogens with zero attached hydrogens (tertiary/aromatic N) is 1. The van der Waals surface area contributed by atoms with Gasteiger partial charge in [-0.2, -0.15) is 17.5 Å². The maximum absolute atomic E-state index is 12.9. The summed E-state index contributed by atoms with van der Waals surface area (Å²) in [6, 6.07) is 3.60. The summed E-state index contributed by atoms with van der Waals surface area (Å²) < 4.78 is 65.1. The van der Waals surface area contributed by atoms with Gasteiger partial charge in [-0.25, -0.2) is 8.42 Å². The van der Waals surface area contributed by atoms with Crippen molar-refractivity contribution in [3.8, 4) is 0 Å². The van der Waals surface area contributed by atoms with Crippen molar-refractivity contribution in [3.05, 3.63) is 29.8 Å². The van der Waals surface area contributed by atoms with E-state index >= 15 is 0 Å². The van der Waals surface area contributed by atoms with Crippen LogP contribution in [0.4, 0.5) is 13.2 Å². The third-order valence-electron chi connectivity index (χ3n) is 4.56. The number of carbonyl (C=O) groups excluding carboxylic acids is 2. The molecule has 0 atom stereocenters. The molecule has 7 nitrogen and oxygen atoms in total. The first-order valence-corrected chi connectivity index (χ1v) is 10.9. The smallest absolute Gasteiger partial charge is 0.350 e. The van der Waals surface area contributed by atoms with E-state index in [1.807, 2.05) is 20.8 Å². The van der Waals surface area contributed by atoms with E-state index in [4.69, 9.17) is 0 Å². The molecule has 1 heterocycles. The summed E-state index contributed by atoms with van der Waals surface area (Å²) in [4.78, 5) is 23.6. The van der Waals surface area contributed by atoms with Gasteiger partial charge in [0.15, 0.2) is 0 Å². The van der Waals surface area contributed by atoms with Gasteiger partial charge < -0.3 is 10.6 Å². The quantitative estimate of drug-likeness (QED) is 0.720. The molecule has 1 aromatic rings. The van der Waals surface area contributed by atoms with Crippen LogP contribution in [0.25, 0.3) is 0 Å². The molecular formula is C19H26F3N3O4S. The molecule has 168 valence electrons. The molecule has 0 saturated carbocycles. The molecule has 1 saturated heterocycles. The molecule has 2 amide bonds. The van der Waals surface area contributed by atoms with Crippen LogP contribution < -0.4 is 10.6 Å². The Bertz CT molecular complexity index is 887. The van der Waals surface area contributed by atoms with Crippen molar-refractivity contribution in [2.45, 2.75) is 50.2 Å². The summed E-state index contributed by atoms with van der Waals surface area (Å²) in [7, 11) is -4.10. The highest BCUT2D eigenvalue weighted by Gasteiger charge is 2.35. The normalized spacial score (nSPS) is 16.9. The van der Waals surface area contributed by atoms with E-state index in [-0.39, 0.29) is 44.3 Å². The Kier molecular flexibility index (Phi) is 7.18. The highest BCUT2D eigenvalue weighted by atomic mass is 32.2. The Labute approximate surface area is 174 Å². The van der Waals surface area contributed by atoms with Gasteiger partial charge in [-0.15, -0.1) is 0 Å². The van der Waals surface area contributed by atoms with Crippen molar-refractivity contribution in [3.63, 3.8) is 0 Å². The van der Waals surface area contributed by atoms with Crippen LogP contribution in [0.15, 0.2) is 29.2 Å². The van der Waals surface area contributed by atoms with Gasteiger partial charge in [0.25, 0.3) is 0 Å². The van der Waals surface area contributed by atoms with Crippen molar-refractivity contribution < 1.29 is 31.2 Å². The molecule has 30 heavy (non-hydrogen) atoms.